The highest BCUT2D eigenvalue weighted by Gasteiger charge is 2.49. The van der Waals surface area contributed by atoms with Crippen LogP contribution in [0.15, 0.2) is 121 Å². The average molecular weight is 759 g/mol. The Hall–Kier alpha value is -3.17. The van der Waals surface area contributed by atoms with Gasteiger partial charge in [-0.1, -0.05) is 154 Å². The van der Waals surface area contributed by atoms with Crippen molar-refractivity contribution < 1.29 is 37.3 Å². The Morgan fingerprint density at radius 3 is 1.52 bits per heavy atom. The first kappa shape index (κ1) is 42.0. The van der Waals surface area contributed by atoms with E-state index >= 15 is 0 Å². The first-order valence-corrected chi connectivity index (χ1v) is 21.4. The molecule has 5 rings (SSSR count). The summed E-state index contributed by atoms with van der Waals surface area (Å²) in [7, 11) is -3.69. The zero-order valence-electron chi connectivity index (χ0n) is 31.9. The van der Waals surface area contributed by atoms with Crippen LogP contribution in [-0.2, 0) is 63.7 Å². The van der Waals surface area contributed by atoms with E-state index in [2.05, 4.69) is 6.92 Å². The van der Waals surface area contributed by atoms with Crippen molar-refractivity contribution in [2.45, 2.75) is 103 Å². The van der Waals surface area contributed by atoms with Crippen molar-refractivity contribution in [2.75, 3.05) is 32.6 Å². The lowest BCUT2D eigenvalue weighted by atomic mass is 10.1. The zero-order chi connectivity index (χ0) is 37.5. The van der Waals surface area contributed by atoms with Gasteiger partial charge in [0.2, 0.25) is 0 Å². The third-order valence-electron chi connectivity index (χ3n) is 9.41. The molecule has 9 heteroatoms. The lowest BCUT2D eigenvalue weighted by Crippen LogP contribution is -2.40. The molecule has 0 amide bonds. The van der Waals surface area contributed by atoms with Crippen LogP contribution in [0.2, 0.25) is 0 Å². The molecule has 54 heavy (non-hydrogen) atoms. The molecular weight excluding hydrogens is 699 g/mol. The predicted octanol–water partition coefficient (Wildman–Crippen LogP) is 10.3. The summed E-state index contributed by atoms with van der Waals surface area (Å²) < 4.78 is 59.3. The molecule has 1 fully saturated rings. The van der Waals surface area contributed by atoms with Crippen LogP contribution < -0.4 is 0 Å². The number of ether oxygens (including phenoxy) is 5. The first-order valence-electron chi connectivity index (χ1n) is 19.7. The summed E-state index contributed by atoms with van der Waals surface area (Å²) in [6, 6.07) is 39.8. The molecule has 0 N–H and O–H groups in total. The summed E-state index contributed by atoms with van der Waals surface area (Å²) in [4.78, 5) is 0. The van der Waals surface area contributed by atoms with Crippen molar-refractivity contribution in [2.24, 2.45) is 0 Å². The Labute approximate surface area is 323 Å². The van der Waals surface area contributed by atoms with Gasteiger partial charge in [-0.05, 0) is 41.5 Å². The van der Waals surface area contributed by atoms with Gasteiger partial charge in [-0.3, -0.25) is 4.57 Å². The first-order chi connectivity index (χ1) is 26.6. The number of unbranched alkanes of at least 4 members (excludes halogenated alkanes) is 5. The fourth-order valence-corrected chi connectivity index (χ4v) is 8.19. The van der Waals surface area contributed by atoms with Crippen molar-refractivity contribution in [1.82, 2.24) is 0 Å². The third-order valence-corrected chi connectivity index (χ3v) is 11.3. The molecular formula is C45H59O8P. The fraction of sp³-hybridized carbons (Fsp3) is 0.467. The van der Waals surface area contributed by atoms with Crippen molar-refractivity contribution in [3.8, 4) is 0 Å². The van der Waals surface area contributed by atoms with Gasteiger partial charge in [0.1, 0.15) is 18.3 Å². The normalized spacial score (nSPS) is 19.5. The average Bonchev–Trinajstić information content (AvgIpc) is 3.53. The second-order valence-electron chi connectivity index (χ2n) is 13.9. The van der Waals surface area contributed by atoms with Crippen LogP contribution >= 0.6 is 7.60 Å². The van der Waals surface area contributed by atoms with Crippen LogP contribution in [0.3, 0.4) is 0 Å². The minimum Gasteiger partial charge on any atom is -0.381 e. The molecule has 1 aliphatic heterocycles. The highest BCUT2D eigenvalue weighted by atomic mass is 31.2. The van der Waals surface area contributed by atoms with Gasteiger partial charge in [-0.2, -0.15) is 0 Å². The summed E-state index contributed by atoms with van der Waals surface area (Å²) >= 11 is 0. The lowest BCUT2D eigenvalue weighted by molar-refractivity contribution is -0.0897. The molecule has 1 saturated heterocycles. The van der Waals surface area contributed by atoms with E-state index in [9.17, 15) is 4.57 Å². The van der Waals surface area contributed by atoms with E-state index in [-0.39, 0.29) is 26.0 Å². The molecule has 1 heterocycles. The van der Waals surface area contributed by atoms with Crippen LogP contribution in [0, 0.1) is 0 Å². The largest absolute Gasteiger partial charge is 0.381 e. The van der Waals surface area contributed by atoms with E-state index < -0.39 is 32.0 Å². The SMILES string of the molecule is CCCCCCCOCCCCOP(=O)(C[C@@H]1O[C@H](COCc2ccccc2)[C@@H](OCc2ccccc2)[C@@H]1OCc1ccccc1)OCc1ccccc1. The van der Waals surface area contributed by atoms with Gasteiger partial charge in [0.05, 0.1) is 51.9 Å². The highest BCUT2D eigenvalue weighted by molar-refractivity contribution is 7.53. The second kappa shape index (κ2) is 24.4. The van der Waals surface area contributed by atoms with Crippen molar-refractivity contribution >= 4 is 7.60 Å². The smallest absolute Gasteiger partial charge is 0.333 e. The summed E-state index contributed by atoms with van der Waals surface area (Å²) in [6.07, 6.45) is 5.39. The minimum atomic E-state index is -3.69. The Kier molecular flexibility index (Phi) is 18.9. The van der Waals surface area contributed by atoms with Gasteiger partial charge >= 0.3 is 7.60 Å². The van der Waals surface area contributed by atoms with E-state index in [1.165, 1.54) is 25.7 Å². The molecule has 5 atom stereocenters. The van der Waals surface area contributed by atoms with E-state index in [1.807, 2.05) is 121 Å². The van der Waals surface area contributed by atoms with E-state index in [0.29, 0.717) is 32.8 Å². The molecule has 0 spiro atoms. The van der Waals surface area contributed by atoms with Crippen LogP contribution in [0.5, 0.6) is 0 Å². The maximum Gasteiger partial charge on any atom is 0.333 e. The minimum absolute atomic E-state index is 0.00787. The monoisotopic (exact) mass is 758 g/mol. The lowest BCUT2D eigenvalue weighted by Gasteiger charge is -2.27. The standard InChI is InChI=1S/C45H59O8P/c1-2-3-4-5-18-29-47-30-19-20-31-51-54(46,52-35-41-27-16-9-17-28-41)37-43-45(50-34-40-25-14-8-15-26-40)44(49-33-39-23-12-7-13-24-39)42(53-43)36-48-32-38-21-10-6-11-22-38/h6-17,21-28,42-45H,2-5,18-20,29-37H2,1H3/t42-,43+,44-,45-,54?/m1/s1. The van der Waals surface area contributed by atoms with Crippen LogP contribution in [0.25, 0.3) is 0 Å². The van der Waals surface area contributed by atoms with Gasteiger partial charge in [-0.15, -0.1) is 0 Å². The van der Waals surface area contributed by atoms with Gasteiger partial charge < -0.3 is 32.7 Å². The van der Waals surface area contributed by atoms with Crippen LogP contribution in [-0.4, -0.2) is 57.0 Å². The Balaban J connectivity index is 1.29. The van der Waals surface area contributed by atoms with Gasteiger partial charge in [0.15, 0.2) is 0 Å². The number of hydrogen-bond acceptors (Lipinski definition) is 8. The van der Waals surface area contributed by atoms with Gasteiger partial charge in [-0.25, -0.2) is 0 Å². The van der Waals surface area contributed by atoms with Crippen molar-refractivity contribution in [3.63, 3.8) is 0 Å². The molecule has 1 unspecified atom stereocenters. The number of hydrogen-bond donors (Lipinski definition) is 0. The Morgan fingerprint density at radius 1 is 0.500 bits per heavy atom. The molecule has 292 valence electrons. The highest BCUT2D eigenvalue weighted by Crippen LogP contribution is 2.52. The molecule has 1 aliphatic rings. The van der Waals surface area contributed by atoms with Gasteiger partial charge in [0.25, 0.3) is 0 Å². The van der Waals surface area contributed by atoms with Gasteiger partial charge in [0, 0.05) is 13.2 Å². The molecule has 4 aromatic carbocycles. The van der Waals surface area contributed by atoms with Crippen LogP contribution in [0.4, 0.5) is 0 Å². The quantitative estimate of drug-likeness (QED) is 0.0439. The molecule has 8 nitrogen and oxygen atoms in total. The second-order valence-corrected chi connectivity index (χ2v) is 16.0. The molecule has 0 aromatic heterocycles. The van der Waals surface area contributed by atoms with Crippen molar-refractivity contribution in [1.29, 1.82) is 0 Å². The fourth-order valence-electron chi connectivity index (χ4n) is 6.42. The molecule has 0 radical (unpaired) electrons. The predicted molar refractivity (Wildman–Crippen MR) is 213 cm³/mol. The Bertz CT molecular complexity index is 1580. The summed E-state index contributed by atoms with van der Waals surface area (Å²) in [5.41, 5.74) is 4.03. The summed E-state index contributed by atoms with van der Waals surface area (Å²) in [5.74, 6) is 0. The summed E-state index contributed by atoms with van der Waals surface area (Å²) in [5, 5.41) is 0. The number of rotatable bonds is 27. The molecule has 0 bridgehead atoms. The molecule has 4 aromatic rings. The molecule has 0 saturated carbocycles. The van der Waals surface area contributed by atoms with E-state index in [1.54, 1.807) is 0 Å². The third kappa shape index (κ3) is 15.2. The van der Waals surface area contributed by atoms with E-state index in [0.717, 1.165) is 41.7 Å². The topological polar surface area (TPSA) is 81.7 Å². The maximum absolute atomic E-state index is 14.7. The maximum atomic E-state index is 14.7. The summed E-state index contributed by atoms with van der Waals surface area (Å²) in [6.45, 7) is 5.48. The van der Waals surface area contributed by atoms with Crippen LogP contribution in [0.1, 0.15) is 74.1 Å². The number of benzene rings is 4. The molecule has 0 aliphatic carbocycles. The van der Waals surface area contributed by atoms with Crippen molar-refractivity contribution in [3.05, 3.63) is 144 Å². The Morgan fingerprint density at radius 2 is 0.963 bits per heavy atom. The zero-order valence-corrected chi connectivity index (χ0v) is 32.8. The van der Waals surface area contributed by atoms with E-state index in [4.69, 9.17) is 32.7 Å².